The summed E-state index contributed by atoms with van der Waals surface area (Å²) in [4.78, 5) is 35.2. The molecule has 1 heterocycles. The smallest absolute Gasteiger partial charge is 0.243 e. The highest BCUT2D eigenvalue weighted by molar-refractivity contribution is 6.00. The van der Waals surface area contributed by atoms with Gasteiger partial charge in [0.25, 0.3) is 0 Å². The van der Waals surface area contributed by atoms with Crippen LogP contribution in [0.2, 0.25) is 0 Å². The molecule has 7 heteroatoms. The van der Waals surface area contributed by atoms with E-state index in [0.717, 1.165) is 6.42 Å². The van der Waals surface area contributed by atoms with E-state index in [1.165, 1.54) is 0 Å². The van der Waals surface area contributed by atoms with Crippen molar-refractivity contribution in [2.45, 2.75) is 32.2 Å². The second-order valence-electron chi connectivity index (χ2n) is 4.08. The zero-order valence-electron chi connectivity index (χ0n) is 9.86. The van der Waals surface area contributed by atoms with Gasteiger partial charge in [-0.3, -0.25) is 30.0 Å². The van der Waals surface area contributed by atoms with Crippen molar-refractivity contribution in [3.63, 3.8) is 0 Å². The molecule has 0 bridgehead atoms. The minimum Gasteiger partial charge on any atom is -0.294 e. The standard InChI is InChI=1S/C10H18N4O3/c1-7-10(17)12-9(16)6-14(7)5-3-2-4-8(15)13-11/h7H,2-6,11H2,1H3,(H,13,15)(H,12,16,17). The number of nitrogens with one attached hydrogen (secondary N) is 2. The Labute approximate surface area is 99.7 Å². The maximum atomic E-state index is 11.3. The summed E-state index contributed by atoms with van der Waals surface area (Å²) >= 11 is 0. The molecule has 17 heavy (non-hydrogen) atoms. The first kappa shape index (κ1) is 13.6. The van der Waals surface area contributed by atoms with Crippen LogP contribution < -0.4 is 16.6 Å². The van der Waals surface area contributed by atoms with E-state index in [2.05, 4.69) is 10.7 Å². The number of carbonyl (C=O) groups excluding carboxylic acids is 3. The second-order valence-corrected chi connectivity index (χ2v) is 4.08. The van der Waals surface area contributed by atoms with Crippen molar-refractivity contribution < 1.29 is 14.4 Å². The maximum Gasteiger partial charge on any atom is 0.243 e. The van der Waals surface area contributed by atoms with Gasteiger partial charge >= 0.3 is 0 Å². The number of amides is 3. The van der Waals surface area contributed by atoms with Gasteiger partial charge in [-0.05, 0) is 26.3 Å². The van der Waals surface area contributed by atoms with Crippen LogP contribution in [0.4, 0.5) is 0 Å². The van der Waals surface area contributed by atoms with Crippen LogP contribution in [0, 0.1) is 0 Å². The number of imide groups is 1. The molecule has 3 amide bonds. The van der Waals surface area contributed by atoms with Crippen molar-refractivity contribution in [1.29, 1.82) is 0 Å². The van der Waals surface area contributed by atoms with Gasteiger partial charge < -0.3 is 0 Å². The molecule has 0 aromatic rings. The Morgan fingerprint density at radius 2 is 2.24 bits per heavy atom. The van der Waals surface area contributed by atoms with Crippen LogP contribution >= 0.6 is 0 Å². The van der Waals surface area contributed by atoms with Crippen LogP contribution in [0.15, 0.2) is 0 Å². The average molecular weight is 242 g/mol. The molecule has 1 unspecified atom stereocenters. The number of piperazine rings is 1. The van der Waals surface area contributed by atoms with Gasteiger partial charge in [-0.15, -0.1) is 0 Å². The molecular formula is C10H18N4O3. The summed E-state index contributed by atoms with van der Waals surface area (Å²) in [5, 5.41) is 2.28. The summed E-state index contributed by atoms with van der Waals surface area (Å²) in [5.74, 6) is 4.21. The topological polar surface area (TPSA) is 105 Å². The largest absolute Gasteiger partial charge is 0.294 e. The van der Waals surface area contributed by atoms with Crippen LogP contribution in [0.25, 0.3) is 0 Å². The molecule has 96 valence electrons. The van der Waals surface area contributed by atoms with Gasteiger partial charge in [0.05, 0.1) is 12.6 Å². The SMILES string of the molecule is CC1C(=O)NC(=O)CN1CCCCC(=O)NN. The highest BCUT2D eigenvalue weighted by Crippen LogP contribution is 2.07. The fourth-order valence-electron chi connectivity index (χ4n) is 1.71. The fourth-order valence-corrected chi connectivity index (χ4v) is 1.71. The monoisotopic (exact) mass is 242 g/mol. The van der Waals surface area contributed by atoms with Gasteiger partial charge in [-0.1, -0.05) is 0 Å². The molecule has 0 aromatic carbocycles. The molecule has 1 aliphatic rings. The molecule has 1 atom stereocenters. The van der Waals surface area contributed by atoms with Crippen molar-refractivity contribution >= 4 is 17.7 Å². The van der Waals surface area contributed by atoms with E-state index in [4.69, 9.17) is 5.84 Å². The Morgan fingerprint density at radius 1 is 1.53 bits per heavy atom. The minimum absolute atomic E-state index is 0.203. The van der Waals surface area contributed by atoms with E-state index in [0.29, 0.717) is 19.4 Å². The molecule has 4 N–H and O–H groups in total. The van der Waals surface area contributed by atoms with E-state index >= 15 is 0 Å². The Bertz CT molecular complexity index is 319. The van der Waals surface area contributed by atoms with E-state index in [9.17, 15) is 14.4 Å². The van der Waals surface area contributed by atoms with Gasteiger partial charge in [0.1, 0.15) is 0 Å². The molecule has 0 aromatic heterocycles. The molecule has 0 spiro atoms. The summed E-state index contributed by atoms with van der Waals surface area (Å²) < 4.78 is 0. The third kappa shape index (κ3) is 4.12. The lowest BCUT2D eigenvalue weighted by molar-refractivity contribution is -0.139. The fraction of sp³-hybridized carbons (Fsp3) is 0.700. The number of hydrogen-bond donors (Lipinski definition) is 3. The van der Waals surface area contributed by atoms with Gasteiger partial charge in [0.2, 0.25) is 17.7 Å². The van der Waals surface area contributed by atoms with Gasteiger partial charge in [-0.25, -0.2) is 5.84 Å². The normalized spacial score (nSPS) is 21.2. The Hall–Kier alpha value is -1.47. The lowest BCUT2D eigenvalue weighted by Crippen LogP contribution is -2.56. The lowest BCUT2D eigenvalue weighted by atomic mass is 10.1. The number of unbranched alkanes of at least 4 members (excludes halogenated alkanes) is 1. The third-order valence-corrected chi connectivity index (χ3v) is 2.80. The lowest BCUT2D eigenvalue weighted by Gasteiger charge is -2.31. The summed E-state index contributed by atoms with van der Waals surface area (Å²) in [7, 11) is 0. The maximum absolute atomic E-state index is 11.3. The van der Waals surface area contributed by atoms with Crippen LogP contribution in [-0.4, -0.2) is 41.8 Å². The quantitative estimate of drug-likeness (QED) is 0.179. The summed E-state index contributed by atoms with van der Waals surface area (Å²) in [6.07, 6.45) is 1.79. The summed E-state index contributed by atoms with van der Waals surface area (Å²) in [6, 6.07) is -0.295. The van der Waals surface area contributed by atoms with Crippen molar-refractivity contribution in [3.05, 3.63) is 0 Å². The zero-order chi connectivity index (χ0) is 12.8. The average Bonchev–Trinajstić information content (AvgIpc) is 2.30. The number of carbonyl (C=O) groups is 3. The summed E-state index contributed by atoms with van der Waals surface area (Å²) in [6.45, 7) is 2.61. The number of hydrogen-bond acceptors (Lipinski definition) is 5. The molecule has 1 saturated heterocycles. The van der Waals surface area contributed by atoms with E-state index < -0.39 is 0 Å². The van der Waals surface area contributed by atoms with Crippen LogP contribution in [-0.2, 0) is 14.4 Å². The van der Waals surface area contributed by atoms with Gasteiger partial charge in [0, 0.05) is 6.42 Å². The van der Waals surface area contributed by atoms with E-state index in [1.807, 2.05) is 4.90 Å². The van der Waals surface area contributed by atoms with Crippen LogP contribution in [0.5, 0.6) is 0 Å². The van der Waals surface area contributed by atoms with Crippen LogP contribution in [0.1, 0.15) is 26.2 Å². The van der Waals surface area contributed by atoms with Crippen molar-refractivity contribution in [3.8, 4) is 0 Å². The van der Waals surface area contributed by atoms with Crippen LogP contribution in [0.3, 0.4) is 0 Å². The van der Waals surface area contributed by atoms with Crippen molar-refractivity contribution in [2.24, 2.45) is 5.84 Å². The Balaban J connectivity index is 2.28. The third-order valence-electron chi connectivity index (χ3n) is 2.80. The Morgan fingerprint density at radius 3 is 2.88 bits per heavy atom. The predicted octanol–water partition coefficient (Wildman–Crippen LogP) is -1.51. The summed E-state index contributed by atoms with van der Waals surface area (Å²) in [5.41, 5.74) is 2.06. The first-order valence-corrected chi connectivity index (χ1v) is 5.61. The van der Waals surface area contributed by atoms with E-state index in [1.54, 1.807) is 6.92 Å². The first-order valence-electron chi connectivity index (χ1n) is 5.61. The highest BCUT2D eigenvalue weighted by Gasteiger charge is 2.29. The van der Waals surface area contributed by atoms with E-state index in [-0.39, 0.29) is 30.3 Å². The molecule has 0 saturated carbocycles. The molecule has 7 nitrogen and oxygen atoms in total. The van der Waals surface area contributed by atoms with Crippen molar-refractivity contribution in [1.82, 2.24) is 15.6 Å². The van der Waals surface area contributed by atoms with Gasteiger partial charge in [0.15, 0.2) is 0 Å². The predicted molar refractivity (Wildman–Crippen MR) is 60.4 cm³/mol. The van der Waals surface area contributed by atoms with Crippen molar-refractivity contribution in [2.75, 3.05) is 13.1 Å². The zero-order valence-corrected chi connectivity index (χ0v) is 9.86. The number of rotatable bonds is 5. The molecule has 1 fully saturated rings. The molecule has 1 rings (SSSR count). The van der Waals surface area contributed by atoms with Gasteiger partial charge in [-0.2, -0.15) is 0 Å². The number of nitrogens with zero attached hydrogens (tertiary/aromatic N) is 1. The second kappa shape index (κ2) is 6.31. The molecule has 0 radical (unpaired) electrons. The highest BCUT2D eigenvalue weighted by atomic mass is 16.2. The number of nitrogens with two attached hydrogens (primary N) is 1. The number of hydrazine groups is 1. The molecule has 0 aliphatic carbocycles. The minimum atomic E-state index is -0.295. The first-order chi connectivity index (χ1) is 8.04. The molecular weight excluding hydrogens is 224 g/mol. The Kier molecular flexibility index (Phi) is 5.05. The molecule has 1 aliphatic heterocycles.